The van der Waals surface area contributed by atoms with Crippen molar-refractivity contribution in [3.63, 3.8) is 0 Å². The van der Waals surface area contributed by atoms with E-state index in [1.165, 1.54) is 10.9 Å². The van der Waals surface area contributed by atoms with Crippen LogP contribution in [0.4, 0.5) is 0 Å². The number of fused-ring (bicyclic) bond motifs is 1. The van der Waals surface area contributed by atoms with Gasteiger partial charge in [0.1, 0.15) is 0 Å². The summed E-state index contributed by atoms with van der Waals surface area (Å²) in [5, 5.41) is 13.8. The molecule has 1 heterocycles. The van der Waals surface area contributed by atoms with Gasteiger partial charge in [-0.25, -0.2) is 0 Å². The van der Waals surface area contributed by atoms with Crippen molar-refractivity contribution in [2.24, 2.45) is 5.92 Å². The molecule has 0 spiro atoms. The molecule has 1 amide bonds. The molecule has 1 aromatic heterocycles. The first-order valence-electron chi connectivity index (χ1n) is 9.69. The fourth-order valence-corrected chi connectivity index (χ4v) is 4.88. The van der Waals surface area contributed by atoms with E-state index in [0.29, 0.717) is 5.92 Å². The van der Waals surface area contributed by atoms with E-state index in [4.69, 9.17) is 0 Å². The van der Waals surface area contributed by atoms with E-state index >= 15 is 0 Å². The average Bonchev–Trinajstić information content (AvgIpc) is 3.10. The lowest BCUT2D eigenvalue weighted by Gasteiger charge is -2.22. The molecule has 5 heteroatoms. The number of aryl methyl sites for hydroxylation is 1. The molecule has 3 aromatic rings. The van der Waals surface area contributed by atoms with Crippen molar-refractivity contribution in [2.45, 2.75) is 43.4 Å². The predicted molar refractivity (Wildman–Crippen MR) is 117 cm³/mol. The summed E-state index contributed by atoms with van der Waals surface area (Å²) >= 11 is 1.60. The van der Waals surface area contributed by atoms with Crippen molar-refractivity contribution in [1.29, 1.82) is 0 Å². The summed E-state index contributed by atoms with van der Waals surface area (Å²) in [5.74, 6) is 0.350. The fourth-order valence-electron chi connectivity index (χ4n) is 3.40. The average molecular weight is 397 g/mol. The first-order valence-corrected chi connectivity index (χ1v) is 10.6. The topological polar surface area (TPSA) is 65.1 Å². The van der Waals surface area contributed by atoms with Gasteiger partial charge in [0, 0.05) is 22.0 Å². The van der Waals surface area contributed by atoms with Crippen LogP contribution in [0.1, 0.15) is 37.4 Å². The number of rotatable bonds is 8. The molecular formula is C23H28N2O2S. The monoisotopic (exact) mass is 396 g/mol. The zero-order valence-corrected chi connectivity index (χ0v) is 17.4. The molecule has 0 fully saturated rings. The molecule has 0 saturated heterocycles. The van der Waals surface area contributed by atoms with E-state index in [9.17, 15) is 9.90 Å². The van der Waals surface area contributed by atoms with Crippen LogP contribution >= 0.6 is 11.8 Å². The lowest BCUT2D eigenvalue weighted by atomic mass is 10.1. The number of nitrogens with one attached hydrogen (secondary N) is 2. The molecule has 0 bridgehead atoms. The maximum Gasteiger partial charge on any atom is 0.234 e. The number of aliphatic hydroxyl groups is 1. The molecule has 0 radical (unpaired) electrons. The molecule has 0 saturated carbocycles. The highest BCUT2D eigenvalue weighted by atomic mass is 32.2. The Kier molecular flexibility index (Phi) is 6.81. The molecule has 3 rings (SSSR count). The molecule has 1 unspecified atom stereocenters. The Bertz CT molecular complexity index is 921. The fraction of sp³-hybridized carbons (Fsp3) is 0.348. The number of hydrogen-bond donors (Lipinski definition) is 3. The molecule has 28 heavy (non-hydrogen) atoms. The third-order valence-electron chi connectivity index (χ3n) is 4.83. The minimum Gasteiger partial charge on any atom is -0.394 e. The normalized spacial score (nSPS) is 13.6. The van der Waals surface area contributed by atoms with Crippen molar-refractivity contribution in [2.75, 3.05) is 6.61 Å². The number of aromatic nitrogens is 1. The molecule has 4 nitrogen and oxygen atoms in total. The van der Waals surface area contributed by atoms with Gasteiger partial charge in [0.2, 0.25) is 5.91 Å². The predicted octanol–water partition coefficient (Wildman–Crippen LogP) is 4.83. The van der Waals surface area contributed by atoms with Crippen LogP contribution in [0.2, 0.25) is 0 Å². The largest absolute Gasteiger partial charge is 0.394 e. The van der Waals surface area contributed by atoms with Gasteiger partial charge in [-0.2, -0.15) is 0 Å². The van der Waals surface area contributed by atoms with Crippen LogP contribution in [0.5, 0.6) is 0 Å². The Hall–Kier alpha value is -2.24. The molecule has 2 aromatic carbocycles. The number of carbonyl (C=O) groups is 1. The third-order valence-corrected chi connectivity index (χ3v) is 6.09. The minimum absolute atomic E-state index is 0.0375. The van der Waals surface area contributed by atoms with E-state index in [-0.39, 0.29) is 17.8 Å². The van der Waals surface area contributed by atoms with Gasteiger partial charge < -0.3 is 15.4 Å². The van der Waals surface area contributed by atoms with E-state index in [1.807, 2.05) is 42.6 Å². The van der Waals surface area contributed by atoms with Crippen LogP contribution in [0, 0.1) is 12.8 Å². The van der Waals surface area contributed by atoms with Gasteiger partial charge in [-0.15, -0.1) is 11.8 Å². The first-order chi connectivity index (χ1) is 13.5. The number of aliphatic hydroxyl groups excluding tert-OH is 1. The summed E-state index contributed by atoms with van der Waals surface area (Å²) < 4.78 is 0. The molecule has 148 valence electrons. The van der Waals surface area contributed by atoms with E-state index in [1.54, 1.807) is 11.8 Å². The number of aromatic amines is 1. The van der Waals surface area contributed by atoms with E-state index in [2.05, 4.69) is 43.2 Å². The summed E-state index contributed by atoms with van der Waals surface area (Å²) in [6.45, 7) is 6.22. The van der Waals surface area contributed by atoms with Gasteiger partial charge in [0.05, 0.1) is 17.9 Å². The molecule has 3 N–H and O–H groups in total. The van der Waals surface area contributed by atoms with Gasteiger partial charge in [-0.05, 0) is 36.5 Å². The second-order valence-corrected chi connectivity index (χ2v) is 8.79. The number of benzene rings is 2. The van der Waals surface area contributed by atoms with Gasteiger partial charge in [-0.1, -0.05) is 56.3 Å². The highest BCUT2D eigenvalue weighted by Crippen LogP contribution is 2.35. The molecule has 2 atom stereocenters. The van der Waals surface area contributed by atoms with E-state index < -0.39 is 6.04 Å². The standard InChI is InChI=1S/C23H28N2O2S/c1-15(2)12-20(23(27)25-19(14-26)17-9-5-4-6-10-17)28-21-13-24-18-11-7-8-16(3)22(18)21/h4-11,13,15,19-20,24,26H,12,14H2,1-3H3,(H,25,27)/t19-,20?/m1/s1. The number of amides is 1. The van der Waals surface area contributed by atoms with Crippen molar-refractivity contribution in [3.8, 4) is 0 Å². The number of hydrogen-bond acceptors (Lipinski definition) is 3. The molecule has 0 aliphatic rings. The van der Waals surface area contributed by atoms with Crippen molar-refractivity contribution in [3.05, 3.63) is 65.9 Å². The van der Waals surface area contributed by atoms with Crippen LogP contribution in [0.25, 0.3) is 10.9 Å². The number of H-pyrrole nitrogens is 1. The summed E-state index contributed by atoms with van der Waals surface area (Å²) in [4.78, 5) is 17.5. The van der Waals surface area contributed by atoms with Crippen LogP contribution in [0.15, 0.2) is 59.6 Å². The van der Waals surface area contributed by atoms with Gasteiger partial charge in [-0.3, -0.25) is 4.79 Å². The van der Waals surface area contributed by atoms with Crippen LogP contribution in [-0.4, -0.2) is 27.9 Å². The van der Waals surface area contributed by atoms with Gasteiger partial charge >= 0.3 is 0 Å². The number of carbonyl (C=O) groups excluding carboxylic acids is 1. The highest BCUT2D eigenvalue weighted by Gasteiger charge is 2.25. The zero-order valence-electron chi connectivity index (χ0n) is 16.6. The summed E-state index contributed by atoms with van der Waals surface area (Å²) in [7, 11) is 0. The van der Waals surface area contributed by atoms with Crippen molar-refractivity contribution < 1.29 is 9.90 Å². The highest BCUT2D eigenvalue weighted by molar-refractivity contribution is 8.00. The van der Waals surface area contributed by atoms with Gasteiger partial charge in [0.15, 0.2) is 0 Å². The summed E-state index contributed by atoms with van der Waals surface area (Å²) in [5.41, 5.74) is 3.20. The Labute approximate surface area is 170 Å². The lowest BCUT2D eigenvalue weighted by molar-refractivity contribution is -0.121. The van der Waals surface area contributed by atoms with Crippen molar-refractivity contribution in [1.82, 2.24) is 10.3 Å². The SMILES string of the molecule is Cc1cccc2[nH]cc(SC(CC(C)C)C(=O)N[C@H](CO)c3ccccc3)c12. The Morgan fingerprint density at radius 1 is 1.14 bits per heavy atom. The first kappa shape index (κ1) is 20.5. The third kappa shape index (κ3) is 4.78. The van der Waals surface area contributed by atoms with Crippen molar-refractivity contribution >= 4 is 28.6 Å². The number of thioether (sulfide) groups is 1. The Morgan fingerprint density at radius 2 is 1.89 bits per heavy atom. The molecule has 0 aliphatic heterocycles. The Balaban J connectivity index is 1.82. The van der Waals surface area contributed by atoms with E-state index in [0.717, 1.165) is 22.4 Å². The maximum atomic E-state index is 13.1. The molecule has 0 aliphatic carbocycles. The van der Waals surface area contributed by atoms with Crippen LogP contribution in [0.3, 0.4) is 0 Å². The van der Waals surface area contributed by atoms with Crippen LogP contribution in [-0.2, 0) is 4.79 Å². The zero-order chi connectivity index (χ0) is 20.1. The van der Waals surface area contributed by atoms with Crippen LogP contribution < -0.4 is 5.32 Å². The molecular weight excluding hydrogens is 368 g/mol. The smallest absolute Gasteiger partial charge is 0.234 e. The second kappa shape index (κ2) is 9.30. The summed E-state index contributed by atoms with van der Waals surface area (Å²) in [6.07, 6.45) is 2.76. The second-order valence-electron chi connectivity index (χ2n) is 7.54. The minimum atomic E-state index is -0.395. The quantitative estimate of drug-likeness (QED) is 0.478. The lowest BCUT2D eigenvalue weighted by Crippen LogP contribution is -2.37. The maximum absolute atomic E-state index is 13.1. The van der Waals surface area contributed by atoms with Gasteiger partial charge in [0.25, 0.3) is 0 Å². The Morgan fingerprint density at radius 3 is 2.57 bits per heavy atom. The summed E-state index contributed by atoms with van der Waals surface area (Å²) in [6, 6.07) is 15.4.